The molecule has 30 heavy (non-hydrogen) atoms. The van der Waals surface area contributed by atoms with Gasteiger partial charge in [0.15, 0.2) is 11.6 Å². The summed E-state index contributed by atoms with van der Waals surface area (Å²) in [5.41, 5.74) is 0.500. The standard InChI is InChI=1S/C21H18F2N2O5/c1-27-12-15(21(26)28-2)14-6-3-4-9-18(14)29-19-10-11-24-13-25(19)30-20-16(22)7-5-8-17(20)23/h3-12H,13H2,1-2H3/b15-12+. The van der Waals surface area contributed by atoms with Gasteiger partial charge in [-0.05, 0) is 18.2 Å². The summed E-state index contributed by atoms with van der Waals surface area (Å²) in [5, 5.41) is 1.08. The molecule has 0 aromatic heterocycles. The minimum Gasteiger partial charge on any atom is -0.503 e. The zero-order chi connectivity index (χ0) is 21.5. The molecule has 0 spiro atoms. The number of methoxy groups -OCH3 is 2. The predicted octanol–water partition coefficient (Wildman–Crippen LogP) is 3.68. The molecule has 1 heterocycles. The molecular formula is C21H18F2N2O5. The fourth-order valence-electron chi connectivity index (χ4n) is 2.57. The molecule has 1 aliphatic heterocycles. The second-order valence-electron chi connectivity index (χ2n) is 5.86. The third-order valence-corrected chi connectivity index (χ3v) is 3.93. The Kier molecular flexibility index (Phi) is 6.63. The van der Waals surface area contributed by atoms with Crippen molar-refractivity contribution in [3.63, 3.8) is 0 Å². The molecule has 156 valence electrons. The van der Waals surface area contributed by atoms with E-state index < -0.39 is 23.4 Å². The summed E-state index contributed by atoms with van der Waals surface area (Å²) >= 11 is 0. The second-order valence-corrected chi connectivity index (χ2v) is 5.86. The normalized spacial score (nSPS) is 13.5. The summed E-state index contributed by atoms with van der Waals surface area (Å²) in [6.07, 6.45) is 4.15. The number of aliphatic imine (C=N–C) groups is 1. The van der Waals surface area contributed by atoms with Gasteiger partial charge < -0.3 is 19.0 Å². The van der Waals surface area contributed by atoms with Crippen LogP contribution >= 0.6 is 0 Å². The molecule has 1 aliphatic rings. The smallest absolute Gasteiger partial charge is 0.341 e. The van der Waals surface area contributed by atoms with Crippen LogP contribution in [-0.2, 0) is 14.3 Å². The van der Waals surface area contributed by atoms with E-state index in [4.69, 9.17) is 19.0 Å². The molecule has 0 aliphatic carbocycles. The zero-order valence-electron chi connectivity index (χ0n) is 16.2. The van der Waals surface area contributed by atoms with Crippen LogP contribution in [0.3, 0.4) is 0 Å². The first-order chi connectivity index (χ1) is 14.5. The number of esters is 1. The van der Waals surface area contributed by atoms with Crippen molar-refractivity contribution in [2.45, 2.75) is 0 Å². The van der Waals surface area contributed by atoms with Gasteiger partial charge in [-0.2, -0.15) is 5.06 Å². The third kappa shape index (κ3) is 4.57. The lowest BCUT2D eigenvalue weighted by atomic mass is 10.1. The first kappa shape index (κ1) is 20.8. The lowest BCUT2D eigenvalue weighted by Crippen LogP contribution is -2.32. The molecule has 0 N–H and O–H groups in total. The molecule has 3 rings (SSSR count). The minimum absolute atomic E-state index is 0.0699. The van der Waals surface area contributed by atoms with Crippen LogP contribution in [0, 0.1) is 11.6 Å². The average molecular weight is 416 g/mol. The summed E-state index contributed by atoms with van der Waals surface area (Å²) in [6, 6.07) is 10.0. The summed E-state index contributed by atoms with van der Waals surface area (Å²) in [7, 11) is 2.64. The van der Waals surface area contributed by atoms with E-state index in [-0.39, 0.29) is 23.9 Å². The Morgan fingerprint density at radius 3 is 2.53 bits per heavy atom. The van der Waals surface area contributed by atoms with Gasteiger partial charge in [0.25, 0.3) is 0 Å². The largest absolute Gasteiger partial charge is 0.503 e. The molecule has 0 saturated carbocycles. The van der Waals surface area contributed by atoms with Crippen molar-refractivity contribution in [2.75, 3.05) is 20.9 Å². The molecule has 0 unspecified atom stereocenters. The number of benzene rings is 2. The van der Waals surface area contributed by atoms with Crippen molar-refractivity contribution in [1.82, 2.24) is 5.06 Å². The van der Waals surface area contributed by atoms with Crippen LogP contribution in [0.2, 0.25) is 0 Å². The summed E-state index contributed by atoms with van der Waals surface area (Å²) in [5.74, 6) is -2.61. The van der Waals surface area contributed by atoms with Crippen molar-refractivity contribution in [1.29, 1.82) is 0 Å². The molecule has 9 heteroatoms. The fourth-order valence-corrected chi connectivity index (χ4v) is 2.57. The zero-order valence-corrected chi connectivity index (χ0v) is 16.2. The van der Waals surface area contributed by atoms with Gasteiger partial charge in [-0.3, -0.25) is 4.99 Å². The highest BCUT2D eigenvalue weighted by Crippen LogP contribution is 2.30. The number of allylic oxidation sites excluding steroid dienone is 1. The number of halogens is 2. The van der Waals surface area contributed by atoms with Crippen LogP contribution < -0.4 is 9.57 Å². The van der Waals surface area contributed by atoms with E-state index in [0.717, 1.165) is 17.2 Å². The monoisotopic (exact) mass is 416 g/mol. The number of nitrogens with zero attached hydrogens (tertiary/aromatic N) is 2. The molecule has 0 saturated heterocycles. The summed E-state index contributed by atoms with van der Waals surface area (Å²) in [4.78, 5) is 21.5. The topological polar surface area (TPSA) is 69.6 Å². The maximum absolute atomic E-state index is 14.0. The summed E-state index contributed by atoms with van der Waals surface area (Å²) in [6.45, 7) is -0.0699. The van der Waals surface area contributed by atoms with E-state index in [9.17, 15) is 13.6 Å². The Labute approximate surface area is 171 Å². The van der Waals surface area contributed by atoms with E-state index in [0.29, 0.717) is 5.56 Å². The van der Waals surface area contributed by atoms with E-state index in [1.807, 2.05) is 0 Å². The van der Waals surface area contributed by atoms with Crippen LogP contribution in [0.25, 0.3) is 5.57 Å². The van der Waals surface area contributed by atoms with E-state index in [1.54, 1.807) is 24.3 Å². The lowest BCUT2D eigenvalue weighted by Gasteiger charge is -2.27. The van der Waals surface area contributed by atoms with Gasteiger partial charge in [0.1, 0.15) is 18.0 Å². The quantitative estimate of drug-likeness (QED) is 0.390. The molecule has 7 nitrogen and oxygen atoms in total. The van der Waals surface area contributed by atoms with Crippen LogP contribution in [0.4, 0.5) is 8.78 Å². The van der Waals surface area contributed by atoms with Gasteiger partial charge in [-0.1, -0.05) is 24.3 Å². The Hall–Kier alpha value is -3.88. The van der Waals surface area contributed by atoms with Gasteiger partial charge in [-0.25, -0.2) is 13.6 Å². The van der Waals surface area contributed by atoms with Crippen molar-refractivity contribution >= 4 is 17.8 Å². The van der Waals surface area contributed by atoms with Crippen molar-refractivity contribution in [2.24, 2.45) is 4.99 Å². The Bertz CT molecular complexity index is 1000. The Morgan fingerprint density at radius 2 is 1.83 bits per heavy atom. The molecule has 0 fully saturated rings. The molecule has 2 aromatic rings. The Balaban J connectivity index is 1.91. The number of carbonyl (C=O) groups excluding carboxylic acids is 1. The molecule has 2 aromatic carbocycles. The number of hydrogen-bond acceptors (Lipinski definition) is 7. The number of hydroxylamine groups is 2. The van der Waals surface area contributed by atoms with E-state index in [1.165, 1.54) is 38.8 Å². The number of para-hydroxylation sites is 2. The highest BCUT2D eigenvalue weighted by atomic mass is 19.1. The fraction of sp³-hybridized carbons (Fsp3) is 0.143. The maximum atomic E-state index is 14.0. The van der Waals surface area contributed by atoms with Gasteiger partial charge in [-0.15, -0.1) is 0 Å². The summed E-state index contributed by atoms with van der Waals surface area (Å²) < 4.78 is 43.6. The second kappa shape index (κ2) is 9.55. The number of hydrogen-bond donors (Lipinski definition) is 0. The Morgan fingerprint density at radius 1 is 1.10 bits per heavy atom. The lowest BCUT2D eigenvalue weighted by molar-refractivity contribution is -0.133. The van der Waals surface area contributed by atoms with E-state index in [2.05, 4.69) is 4.99 Å². The molecule has 0 amide bonds. The van der Waals surface area contributed by atoms with Crippen molar-refractivity contribution < 1.29 is 32.6 Å². The van der Waals surface area contributed by atoms with Crippen molar-refractivity contribution in [3.8, 4) is 11.5 Å². The third-order valence-electron chi connectivity index (χ3n) is 3.93. The predicted molar refractivity (Wildman–Crippen MR) is 104 cm³/mol. The first-order valence-electron chi connectivity index (χ1n) is 8.73. The molecule has 0 atom stereocenters. The van der Waals surface area contributed by atoms with Crippen LogP contribution in [0.5, 0.6) is 11.5 Å². The highest BCUT2D eigenvalue weighted by molar-refractivity contribution is 6.17. The van der Waals surface area contributed by atoms with Gasteiger partial charge in [0, 0.05) is 17.9 Å². The number of carbonyl (C=O) groups is 1. The van der Waals surface area contributed by atoms with Crippen LogP contribution in [0.15, 0.2) is 65.7 Å². The van der Waals surface area contributed by atoms with Crippen LogP contribution in [0.1, 0.15) is 5.56 Å². The van der Waals surface area contributed by atoms with Crippen molar-refractivity contribution in [3.05, 3.63) is 77.9 Å². The van der Waals surface area contributed by atoms with Gasteiger partial charge in [0.05, 0.1) is 20.5 Å². The van der Waals surface area contributed by atoms with Gasteiger partial charge >= 0.3 is 5.97 Å². The number of rotatable bonds is 7. The highest BCUT2D eigenvalue weighted by Gasteiger charge is 2.23. The first-order valence-corrected chi connectivity index (χ1v) is 8.73. The molecule has 0 radical (unpaired) electrons. The molecular weight excluding hydrogens is 398 g/mol. The SMILES string of the molecule is CO/C=C(/C(=O)OC)c1ccccc1OC1=CC=NCN1Oc1c(F)cccc1F. The van der Waals surface area contributed by atoms with Gasteiger partial charge in [0.2, 0.25) is 11.6 Å². The molecule has 0 bridgehead atoms. The minimum atomic E-state index is -0.875. The van der Waals surface area contributed by atoms with E-state index >= 15 is 0 Å². The maximum Gasteiger partial charge on any atom is 0.341 e. The number of ether oxygens (including phenoxy) is 3. The van der Waals surface area contributed by atoms with Crippen LogP contribution in [-0.4, -0.2) is 38.1 Å². The average Bonchev–Trinajstić information content (AvgIpc) is 2.76.